The predicted molar refractivity (Wildman–Crippen MR) is 137 cm³/mol. The second-order valence-electron chi connectivity index (χ2n) is 9.81. The molecule has 0 saturated carbocycles. The summed E-state index contributed by atoms with van der Waals surface area (Å²) in [7, 11) is 0. The number of imide groups is 1. The molecule has 0 bridgehead atoms. The van der Waals surface area contributed by atoms with E-state index in [1.165, 1.54) is 29.2 Å². The Hall–Kier alpha value is -3.46. The molecule has 4 unspecified atom stereocenters. The summed E-state index contributed by atoms with van der Waals surface area (Å²) in [5.41, 5.74) is 8.64. The van der Waals surface area contributed by atoms with Crippen LogP contribution in [0.2, 0.25) is 0 Å². The summed E-state index contributed by atoms with van der Waals surface area (Å²) in [5.74, 6) is -0.985. The second-order valence-corrected chi connectivity index (χ2v) is 9.81. The Bertz CT molecular complexity index is 1250. The zero-order valence-corrected chi connectivity index (χ0v) is 20.9. The van der Waals surface area contributed by atoms with Crippen LogP contribution in [0.1, 0.15) is 69.7 Å². The first-order valence-electron chi connectivity index (χ1n) is 12.9. The van der Waals surface area contributed by atoms with Crippen LogP contribution < -0.4 is 5.73 Å². The quantitative estimate of drug-likeness (QED) is 0.471. The highest BCUT2D eigenvalue weighted by Crippen LogP contribution is 2.34. The number of rotatable bonds is 3. The Balaban J connectivity index is 0.000000179. The topological polar surface area (TPSA) is 81.9 Å². The Kier molecular flexibility index (Phi) is 7.93. The van der Waals surface area contributed by atoms with Crippen LogP contribution in [-0.2, 0) is 9.47 Å². The average Bonchev–Trinajstić information content (AvgIpc) is 3.19. The van der Waals surface area contributed by atoms with Crippen LogP contribution in [0.15, 0.2) is 72.8 Å². The Labute approximate surface area is 220 Å². The summed E-state index contributed by atoms with van der Waals surface area (Å²) in [6.07, 6.45) is 2.68. The highest BCUT2D eigenvalue weighted by Gasteiger charge is 2.41. The molecule has 198 valence electrons. The third-order valence-corrected chi connectivity index (χ3v) is 7.25. The van der Waals surface area contributed by atoms with Gasteiger partial charge in [-0.15, -0.1) is 0 Å². The van der Waals surface area contributed by atoms with E-state index in [0.717, 1.165) is 24.0 Å². The van der Waals surface area contributed by atoms with Gasteiger partial charge in [-0.25, -0.2) is 8.78 Å². The van der Waals surface area contributed by atoms with Gasteiger partial charge in [0.15, 0.2) is 0 Å². The number of carbonyl (C=O) groups is 2. The van der Waals surface area contributed by atoms with Crippen LogP contribution in [0, 0.1) is 11.6 Å². The minimum Gasteiger partial charge on any atom is -0.373 e. The molecule has 38 heavy (non-hydrogen) atoms. The summed E-state index contributed by atoms with van der Waals surface area (Å²) in [6.45, 7) is 1.16. The number of ether oxygens (including phenoxy) is 2. The molecular formula is C30H30F2N2O4. The summed E-state index contributed by atoms with van der Waals surface area (Å²) in [5, 5.41) is 0. The molecule has 0 spiro atoms. The van der Waals surface area contributed by atoms with Crippen molar-refractivity contribution in [3.63, 3.8) is 0 Å². The standard InChI is InChI=1S/C19H16FNO3.C11H14FNO/c20-13-7-5-12(6-8-13)17-11-14(9-10-24-17)21-18(22)15-3-1-2-4-16(15)19(21)23;12-9-3-1-8(2-4-9)11-7-10(13)5-6-14-11/h1-8,14,17H,9-11H2;1-4,10-11H,5-7,13H2. The molecule has 4 atom stereocenters. The van der Waals surface area contributed by atoms with E-state index >= 15 is 0 Å². The number of amides is 2. The minimum absolute atomic E-state index is 0.0411. The van der Waals surface area contributed by atoms with Crippen LogP contribution in [0.4, 0.5) is 8.78 Å². The minimum atomic E-state index is -0.300. The number of hydrogen-bond acceptors (Lipinski definition) is 5. The molecule has 3 aromatic carbocycles. The number of halogens is 2. The first kappa shape index (κ1) is 26.2. The Morgan fingerprint density at radius 2 is 1.16 bits per heavy atom. The van der Waals surface area contributed by atoms with E-state index in [9.17, 15) is 18.4 Å². The number of carbonyl (C=O) groups excluding carboxylic acids is 2. The second kappa shape index (κ2) is 11.5. The van der Waals surface area contributed by atoms with E-state index in [-0.39, 0.29) is 47.7 Å². The van der Waals surface area contributed by atoms with Crippen molar-refractivity contribution < 1.29 is 27.8 Å². The van der Waals surface area contributed by atoms with Gasteiger partial charge in [-0.2, -0.15) is 0 Å². The van der Waals surface area contributed by atoms with Crippen molar-refractivity contribution >= 4 is 11.8 Å². The molecule has 0 radical (unpaired) electrons. The van der Waals surface area contributed by atoms with Gasteiger partial charge in [-0.3, -0.25) is 14.5 Å². The highest BCUT2D eigenvalue weighted by molar-refractivity contribution is 6.21. The van der Waals surface area contributed by atoms with E-state index in [0.29, 0.717) is 37.2 Å². The smallest absolute Gasteiger partial charge is 0.261 e. The SMILES string of the molecule is NC1CCOC(c2ccc(F)cc2)C1.O=C1c2ccccc2C(=O)N1C1CCOC(c2ccc(F)cc2)C1. The maximum atomic E-state index is 13.1. The lowest BCUT2D eigenvalue weighted by molar-refractivity contribution is -0.0192. The van der Waals surface area contributed by atoms with Gasteiger partial charge in [0.05, 0.1) is 23.3 Å². The maximum Gasteiger partial charge on any atom is 0.261 e. The fourth-order valence-corrected chi connectivity index (χ4v) is 5.20. The maximum absolute atomic E-state index is 13.1. The van der Waals surface area contributed by atoms with E-state index in [4.69, 9.17) is 15.2 Å². The summed E-state index contributed by atoms with van der Waals surface area (Å²) in [4.78, 5) is 26.6. The van der Waals surface area contributed by atoms with Gasteiger partial charge < -0.3 is 15.2 Å². The average molecular weight is 521 g/mol. The van der Waals surface area contributed by atoms with Gasteiger partial charge in [0.2, 0.25) is 0 Å². The zero-order valence-electron chi connectivity index (χ0n) is 20.9. The number of hydrogen-bond donors (Lipinski definition) is 1. The number of nitrogens with two attached hydrogens (primary N) is 1. The van der Waals surface area contributed by atoms with Crippen LogP contribution in [0.25, 0.3) is 0 Å². The van der Waals surface area contributed by atoms with Crippen molar-refractivity contribution in [2.75, 3.05) is 13.2 Å². The van der Waals surface area contributed by atoms with Crippen molar-refractivity contribution in [3.05, 3.63) is 107 Å². The summed E-state index contributed by atoms with van der Waals surface area (Å²) in [6, 6.07) is 19.5. The summed E-state index contributed by atoms with van der Waals surface area (Å²) >= 11 is 0. The normalized spacial score (nSPS) is 25.0. The molecule has 3 aliphatic heterocycles. The Morgan fingerprint density at radius 1 is 0.684 bits per heavy atom. The van der Waals surface area contributed by atoms with Gasteiger partial charge in [0, 0.05) is 25.3 Å². The van der Waals surface area contributed by atoms with Crippen LogP contribution in [0.5, 0.6) is 0 Å². The number of fused-ring (bicyclic) bond motifs is 1. The molecular weight excluding hydrogens is 490 g/mol. The van der Waals surface area contributed by atoms with Gasteiger partial charge in [0.25, 0.3) is 11.8 Å². The molecule has 2 fully saturated rings. The predicted octanol–water partition coefficient (Wildman–Crippen LogP) is 5.35. The fraction of sp³-hybridized carbons (Fsp3) is 0.333. The first-order valence-corrected chi connectivity index (χ1v) is 12.9. The lowest BCUT2D eigenvalue weighted by atomic mass is 9.96. The molecule has 0 aliphatic carbocycles. The van der Waals surface area contributed by atoms with E-state index in [2.05, 4.69) is 0 Å². The van der Waals surface area contributed by atoms with Gasteiger partial charge in [-0.1, -0.05) is 36.4 Å². The lowest BCUT2D eigenvalue weighted by Gasteiger charge is -2.34. The van der Waals surface area contributed by atoms with Crippen molar-refractivity contribution in [3.8, 4) is 0 Å². The monoisotopic (exact) mass is 520 g/mol. The molecule has 6 nitrogen and oxygen atoms in total. The first-order chi connectivity index (χ1) is 18.4. The molecule has 2 N–H and O–H groups in total. The van der Waals surface area contributed by atoms with Crippen molar-refractivity contribution in [2.24, 2.45) is 5.73 Å². The summed E-state index contributed by atoms with van der Waals surface area (Å²) < 4.78 is 37.1. The van der Waals surface area contributed by atoms with Gasteiger partial charge in [-0.05, 0) is 73.2 Å². The molecule has 8 heteroatoms. The van der Waals surface area contributed by atoms with Crippen LogP contribution in [0.3, 0.4) is 0 Å². The molecule has 3 aliphatic rings. The van der Waals surface area contributed by atoms with E-state index in [1.807, 2.05) is 0 Å². The lowest BCUT2D eigenvalue weighted by Crippen LogP contribution is -2.43. The Morgan fingerprint density at radius 3 is 1.66 bits per heavy atom. The van der Waals surface area contributed by atoms with Gasteiger partial charge in [0.1, 0.15) is 11.6 Å². The van der Waals surface area contributed by atoms with Crippen molar-refractivity contribution in [2.45, 2.75) is 50.0 Å². The third-order valence-electron chi connectivity index (χ3n) is 7.25. The largest absolute Gasteiger partial charge is 0.373 e. The molecule has 2 saturated heterocycles. The van der Waals surface area contributed by atoms with Crippen LogP contribution in [-0.4, -0.2) is 42.0 Å². The van der Waals surface area contributed by atoms with Gasteiger partial charge >= 0.3 is 0 Å². The van der Waals surface area contributed by atoms with Crippen molar-refractivity contribution in [1.82, 2.24) is 4.90 Å². The number of benzene rings is 3. The van der Waals surface area contributed by atoms with E-state index in [1.54, 1.807) is 48.5 Å². The van der Waals surface area contributed by atoms with Crippen LogP contribution >= 0.6 is 0 Å². The molecule has 2 amide bonds. The fourth-order valence-electron chi connectivity index (χ4n) is 5.20. The third kappa shape index (κ3) is 5.67. The highest BCUT2D eigenvalue weighted by atomic mass is 19.1. The molecule has 3 aromatic rings. The number of nitrogens with zero attached hydrogens (tertiary/aromatic N) is 1. The molecule has 6 rings (SSSR count). The van der Waals surface area contributed by atoms with E-state index < -0.39 is 0 Å². The zero-order chi connectivity index (χ0) is 26.6. The molecule has 3 heterocycles. The van der Waals surface area contributed by atoms with Crippen molar-refractivity contribution in [1.29, 1.82) is 0 Å². The molecule has 0 aromatic heterocycles.